The summed E-state index contributed by atoms with van der Waals surface area (Å²) in [4.78, 5) is 24.8. The highest BCUT2D eigenvalue weighted by atomic mass is 16.2. The summed E-state index contributed by atoms with van der Waals surface area (Å²) in [6.07, 6.45) is 4.43. The zero-order valence-corrected chi connectivity index (χ0v) is 14.5. The summed E-state index contributed by atoms with van der Waals surface area (Å²) in [7, 11) is 0. The van der Waals surface area contributed by atoms with Crippen LogP contribution in [0.1, 0.15) is 57.5 Å². The maximum Gasteiger partial charge on any atom is 0.251 e. The molecule has 0 spiro atoms. The largest absolute Gasteiger partial charge is 0.349 e. The van der Waals surface area contributed by atoms with Gasteiger partial charge in [0.25, 0.3) is 11.8 Å². The monoisotopic (exact) mass is 336 g/mol. The Labute approximate surface area is 148 Å². The summed E-state index contributed by atoms with van der Waals surface area (Å²) in [6, 6.07) is 15.1. The molecule has 2 aromatic rings. The number of nitrogens with one attached hydrogen (secondary N) is 2. The van der Waals surface area contributed by atoms with Crippen LogP contribution in [0, 0.1) is 6.92 Å². The standard InChI is InChI=1S/C21H24N2O2/c1-15-7-2-3-8-18(15)14-22-20(24)16-9-6-10-17(13-16)21(25)23-19-11-4-5-12-19/h2-3,6-10,13,19H,4-5,11-12,14H2,1H3,(H,22,24)(H,23,25). The van der Waals surface area contributed by atoms with Gasteiger partial charge in [-0.05, 0) is 49.1 Å². The number of hydrogen-bond donors (Lipinski definition) is 2. The Morgan fingerprint density at radius 3 is 2.36 bits per heavy atom. The van der Waals surface area contributed by atoms with Crippen molar-refractivity contribution in [2.24, 2.45) is 0 Å². The molecule has 2 aromatic carbocycles. The molecular formula is C21H24N2O2. The van der Waals surface area contributed by atoms with E-state index in [0.29, 0.717) is 17.7 Å². The van der Waals surface area contributed by atoms with Crippen molar-refractivity contribution in [1.29, 1.82) is 0 Å². The number of benzene rings is 2. The van der Waals surface area contributed by atoms with Crippen LogP contribution in [-0.2, 0) is 6.54 Å². The Morgan fingerprint density at radius 1 is 0.960 bits per heavy atom. The van der Waals surface area contributed by atoms with Gasteiger partial charge in [0.1, 0.15) is 0 Å². The van der Waals surface area contributed by atoms with Gasteiger partial charge in [-0.2, -0.15) is 0 Å². The highest BCUT2D eigenvalue weighted by molar-refractivity contribution is 5.99. The molecule has 25 heavy (non-hydrogen) atoms. The van der Waals surface area contributed by atoms with Gasteiger partial charge in [0.05, 0.1) is 0 Å². The lowest BCUT2D eigenvalue weighted by Gasteiger charge is -2.12. The number of amides is 2. The van der Waals surface area contributed by atoms with E-state index in [9.17, 15) is 9.59 Å². The van der Waals surface area contributed by atoms with Gasteiger partial charge in [-0.25, -0.2) is 0 Å². The first-order valence-corrected chi connectivity index (χ1v) is 8.87. The fourth-order valence-corrected chi connectivity index (χ4v) is 3.23. The minimum absolute atomic E-state index is 0.0968. The first-order valence-electron chi connectivity index (χ1n) is 8.87. The van der Waals surface area contributed by atoms with Gasteiger partial charge >= 0.3 is 0 Å². The zero-order valence-electron chi connectivity index (χ0n) is 14.5. The van der Waals surface area contributed by atoms with Crippen LogP contribution >= 0.6 is 0 Å². The molecule has 2 amide bonds. The zero-order chi connectivity index (χ0) is 17.6. The summed E-state index contributed by atoms with van der Waals surface area (Å²) >= 11 is 0. The van der Waals surface area contributed by atoms with Crippen molar-refractivity contribution >= 4 is 11.8 Å². The summed E-state index contributed by atoms with van der Waals surface area (Å²) in [5.41, 5.74) is 3.28. The Balaban J connectivity index is 1.63. The molecule has 4 heteroatoms. The van der Waals surface area contributed by atoms with Gasteiger partial charge in [0.15, 0.2) is 0 Å². The van der Waals surface area contributed by atoms with E-state index in [1.54, 1.807) is 24.3 Å². The molecule has 4 nitrogen and oxygen atoms in total. The normalized spacial score (nSPS) is 14.3. The van der Waals surface area contributed by atoms with Crippen LogP contribution in [0.2, 0.25) is 0 Å². The van der Waals surface area contributed by atoms with Crippen LogP contribution in [0.3, 0.4) is 0 Å². The van der Waals surface area contributed by atoms with Crippen molar-refractivity contribution in [3.8, 4) is 0 Å². The maximum atomic E-state index is 12.4. The van der Waals surface area contributed by atoms with Crippen LogP contribution in [-0.4, -0.2) is 17.9 Å². The molecule has 1 aliphatic rings. The average molecular weight is 336 g/mol. The van der Waals surface area contributed by atoms with Gasteiger partial charge in [0, 0.05) is 23.7 Å². The summed E-state index contributed by atoms with van der Waals surface area (Å²) in [6.45, 7) is 2.50. The predicted molar refractivity (Wildman–Crippen MR) is 98.5 cm³/mol. The molecule has 0 saturated heterocycles. The van der Waals surface area contributed by atoms with Crippen molar-refractivity contribution in [3.63, 3.8) is 0 Å². The van der Waals surface area contributed by atoms with E-state index in [1.807, 2.05) is 31.2 Å². The predicted octanol–water partition coefficient (Wildman–Crippen LogP) is 3.60. The quantitative estimate of drug-likeness (QED) is 0.876. The first kappa shape index (κ1) is 17.2. The van der Waals surface area contributed by atoms with Gasteiger partial charge in [0.2, 0.25) is 0 Å². The molecule has 0 aliphatic heterocycles. The molecule has 0 aromatic heterocycles. The SMILES string of the molecule is Cc1ccccc1CNC(=O)c1cccc(C(=O)NC2CCCC2)c1. The van der Waals surface area contributed by atoms with E-state index < -0.39 is 0 Å². The summed E-state index contributed by atoms with van der Waals surface area (Å²) in [5.74, 6) is -0.265. The third-order valence-corrected chi connectivity index (χ3v) is 4.78. The highest BCUT2D eigenvalue weighted by Crippen LogP contribution is 2.18. The number of hydrogen-bond acceptors (Lipinski definition) is 2. The van der Waals surface area contributed by atoms with Crippen LogP contribution in [0.15, 0.2) is 48.5 Å². The van der Waals surface area contributed by atoms with Crippen molar-refractivity contribution in [2.45, 2.75) is 45.2 Å². The van der Waals surface area contributed by atoms with E-state index >= 15 is 0 Å². The minimum atomic E-state index is -0.168. The lowest BCUT2D eigenvalue weighted by atomic mass is 10.1. The van der Waals surface area contributed by atoms with Gasteiger partial charge in [-0.1, -0.05) is 43.2 Å². The second-order valence-corrected chi connectivity index (χ2v) is 6.64. The van der Waals surface area contributed by atoms with Gasteiger partial charge in [-0.15, -0.1) is 0 Å². The van der Waals surface area contributed by atoms with Crippen molar-refractivity contribution < 1.29 is 9.59 Å². The lowest BCUT2D eigenvalue weighted by molar-refractivity contribution is 0.0938. The number of carbonyl (C=O) groups is 2. The Kier molecular flexibility index (Phi) is 5.49. The second-order valence-electron chi connectivity index (χ2n) is 6.64. The molecule has 3 rings (SSSR count). The van der Waals surface area contributed by atoms with Crippen LogP contribution in [0.4, 0.5) is 0 Å². The van der Waals surface area contributed by atoms with Crippen LogP contribution < -0.4 is 10.6 Å². The maximum absolute atomic E-state index is 12.4. The molecule has 130 valence electrons. The molecule has 1 aliphatic carbocycles. The van der Waals surface area contributed by atoms with E-state index in [1.165, 1.54) is 12.8 Å². The van der Waals surface area contributed by atoms with Crippen molar-refractivity contribution in [1.82, 2.24) is 10.6 Å². The second kappa shape index (κ2) is 7.97. The van der Waals surface area contributed by atoms with Gasteiger partial charge < -0.3 is 10.6 Å². The molecule has 0 unspecified atom stereocenters. The van der Waals surface area contributed by atoms with E-state index in [0.717, 1.165) is 24.0 Å². The molecular weight excluding hydrogens is 312 g/mol. The van der Waals surface area contributed by atoms with Gasteiger partial charge in [-0.3, -0.25) is 9.59 Å². The van der Waals surface area contributed by atoms with Crippen molar-refractivity contribution in [3.05, 3.63) is 70.8 Å². The van der Waals surface area contributed by atoms with Crippen LogP contribution in [0.5, 0.6) is 0 Å². The molecule has 0 heterocycles. The smallest absolute Gasteiger partial charge is 0.251 e. The fraction of sp³-hybridized carbons (Fsp3) is 0.333. The third-order valence-electron chi connectivity index (χ3n) is 4.78. The highest BCUT2D eigenvalue weighted by Gasteiger charge is 2.18. The Morgan fingerprint density at radius 2 is 1.64 bits per heavy atom. The van der Waals surface area contributed by atoms with E-state index in [4.69, 9.17) is 0 Å². The number of carbonyl (C=O) groups excluding carboxylic acids is 2. The number of rotatable bonds is 5. The molecule has 0 atom stereocenters. The summed E-state index contributed by atoms with van der Waals surface area (Å²) < 4.78 is 0. The topological polar surface area (TPSA) is 58.2 Å². The molecule has 2 N–H and O–H groups in total. The van der Waals surface area contributed by atoms with Crippen molar-refractivity contribution in [2.75, 3.05) is 0 Å². The Hall–Kier alpha value is -2.62. The molecule has 0 radical (unpaired) electrons. The van der Waals surface area contributed by atoms with E-state index in [2.05, 4.69) is 10.6 Å². The molecule has 1 saturated carbocycles. The average Bonchev–Trinajstić information content (AvgIpc) is 3.14. The molecule has 0 bridgehead atoms. The Bertz CT molecular complexity index is 764. The lowest BCUT2D eigenvalue weighted by Crippen LogP contribution is -2.32. The summed E-state index contributed by atoms with van der Waals surface area (Å²) in [5, 5.41) is 5.98. The molecule has 1 fully saturated rings. The number of aryl methyl sites for hydroxylation is 1. The van der Waals surface area contributed by atoms with Crippen LogP contribution in [0.25, 0.3) is 0 Å². The first-order chi connectivity index (χ1) is 12.1. The van der Waals surface area contributed by atoms with E-state index in [-0.39, 0.29) is 17.9 Å². The minimum Gasteiger partial charge on any atom is -0.349 e. The third kappa shape index (κ3) is 4.47. The fourth-order valence-electron chi connectivity index (χ4n) is 3.23.